The molecular weight excluding hydrogens is 178 g/mol. The zero-order chi connectivity index (χ0) is 10.6. The zero-order valence-electron chi connectivity index (χ0n) is 9.45. The standard InChI is InChI=1S/C11H21NO2/c1-11(14-3,6-9-13)10-4-7-12(2)8-5-10/h9-10H,4-8H2,1-3H3. The van der Waals surface area contributed by atoms with Crippen molar-refractivity contribution < 1.29 is 9.53 Å². The molecule has 3 heteroatoms. The van der Waals surface area contributed by atoms with Crippen molar-refractivity contribution in [2.75, 3.05) is 27.2 Å². The second-order valence-electron chi connectivity index (χ2n) is 4.47. The fraction of sp³-hybridized carbons (Fsp3) is 0.909. The third-order valence-corrected chi connectivity index (χ3v) is 3.54. The average molecular weight is 199 g/mol. The van der Waals surface area contributed by atoms with Gasteiger partial charge in [0.25, 0.3) is 0 Å². The molecule has 1 aliphatic rings. The molecule has 0 radical (unpaired) electrons. The van der Waals surface area contributed by atoms with Gasteiger partial charge in [0.15, 0.2) is 0 Å². The molecule has 0 N–H and O–H groups in total. The number of carbonyl (C=O) groups is 1. The summed E-state index contributed by atoms with van der Waals surface area (Å²) >= 11 is 0. The van der Waals surface area contributed by atoms with Gasteiger partial charge in [0, 0.05) is 13.5 Å². The summed E-state index contributed by atoms with van der Waals surface area (Å²) < 4.78 is 5.50. The number of methoxy groups -OCH3 is 1. The van der Waals surface area contributed by atoms with Crippen LogP contribution in [-0.4, -0.2) is 44.0 Å². The maximum Gasteiger partial charge on any atom is 0.122 e. The van der Waals surface area contributed by atoms with Gasteiger partial charge in [0.1, 0.15) is 6.29 Å². The number of piperidine rings is 1. The maximum atomic E-state index is 10.6. The van der Waals surface area contributed by atoms with Crippen molar-refractivity contribution >= 4 is 6.29 Å². The van der Waals surface area contributed by atoms with Crippen LogP contribution >= 0.6 is 0 Å². The first-order valence-corrected chi connectivity index (χ1v) is 5.29. The molecule has 14 heavy (non-hydrogen) atoms. The van der Waals surface area contributed by atoms with Gasteiger partial charge in [0.2, 0.25) is 0 Å². The van der Waals surface area contributed by atoms with E-state index in [2.05, 4.69) is 18.9 Å². The Kier molecular flexibility index (Phi) is 4.08. The first kappa shape index (κ1) is 11.7. The highest BCUT2D eigenvalue weighted by Gasteiger charge is 2.35. The average Bonchev–Trinajstić information content (AvgIpc) is 2.19. The Bertz CT molecular complexity index is 188. The summed E-state index contributed by atoms with van der Waals surface area (Å²) in [6.07, 6.45) is 3.75. The number of hydrogen-bond donors (Lipinski definition) is 0. The van der Waals surface area contributed by atoms with E-state index in [1.807, 2.05) is 0 Å². The molecule has 0 bridgehead atoms. The van der Waals surface area contributed by atoms with Crippen LogP contribution in [-0.2, 0) is 9.53 Å². The monoisotopic (exact) mass is 199 g/mol. The molecule has 0 aromatic carbocycles. The number of rotatable bonds is 4. The number of likely N-dealkylation sites (tertiary alicyclic amines) is 1. The summed E-state index contributed by atoms with van der Waals surface area (Å²) in [7, 11) is 3.85. The van der Waals surface area contributed by atoms with Crippen molar-refractivity contribution in [1.82, 2.24) is 4.90 Å². The molecule has 0 spiro atoms. The largest absolute Gasteiger partial charge is 0.378 e. The van der Waals surface area contributed by atoms with E-state index in [1.54, 1.807) is 7.11 Å². The van der Waals surface area contributed by atoms with Crippen LogP contribution in [0.3, 0.4) is 0 Å². The lowest BCUT2D eigenvalue weighted by Gasteiger charge is -2.40. The summed E-state index contributed by atoms with van der Waals surface area (Å²) in [6, 6.07) is 0. The van der Waals surface area contributed by atoms with E-state index in [-0.39, 0.29) is 5.60 Å². The summed E-state index contributed by atoms with van der Waals surface area (Å²) in [5.41, 5.74) is -0.247. The van der Waals surface area contributed by atoms with Crippen molar-refractivity contribution in [2.24, 2.45) is 5.92 Å². The Morgan fingerprint density at radius 2 is 2.07 bits per heavy atom. The van der Waals surface area contributed by atoms with Crippen LogP contribution in [0.5, 0.6) is 0 Å². The SMILES string of the molecule is COC(C)(CC=O)C1CCN(C)CC1. The van der Waals surface area contributed by atoms with E-state index < -0.39 is 0 Å². The predicted molar refractivity (Wildman–Crippen MR) is 56.3 cm³/mol. The highest BCUT2D eigenvalue weighted by molar-refractivity contribution is 5.51. The zero-order valence-corrected chi connectivity index (χ0v) is 9.45. The molecule has 0 aromatic rings. The topological polar surface area (TPSA) is 29.5 Å². The van der Waals surface area contributed by atoms with Crippen molar-refractivity contribution in [2.45, 2.75) is 31.8 Å². The van der Waals surface area contributed by atoms with Crippen LogP contribution in [0.1, 0.15) is 26.2 Å². The van der Waals surface area contributed by atoms with Crippen LogP contribution < -0.4 is 0 Å². The molecule has 3 nitrogen and oxygen atoms in total. The Hall–Kier alpha value is -0.410. The Morgan fingerprint density at radius 3 is 2.50 bits per heavy atom. The van der Waals surface area contributed by atoms with Crippen LogP contribution in [0.2, 0.25) is 0 Å². The van der Waals surface area contributed by atoms with Crippen LogP contribution in [0.4, 0.5) is 0 Å². The van der Waals surface area contributed by atoms with Gasteiger partial charge >= 0.3 is 0 Å². The van der Waals surface area contributed by atoms with E-state index >= 15 is 0 Å². The summed E-state index contributed by atoms with van der Waals surface area (Å²) in [6.45, 7) is 4.28. The molecule has 0 aliphatic carbocycles. The van der Waals surface area contributed by atoms with Gasteiger partial charge in [-0.05, 0) is 45.8 Å². The molecule has 1 rings (SSSR count). The van der Waals surface area contributed by atoms with Crippen LogP contribution in [0, 0.1) is 5.92 Å². The van der Waals surface area contributed by atoms with Gasteiger partial charge in [-0.25, -0.2) is 0 Å². The quantitative estimate of drug-likeness (QED) is 0.640. The Balaban J connectivity index is 2.56. The molecule has 1 saturated heterocycles. The summed E-state index contributed by atoms with van der Waals surface area (Å²) in [5.74, 6) is 0.522. The lowest BCUT2D eigenvalue weighted by atomic mass is 9.80. The first-order valence-electron chi connectivity index (χ1n) is 5.29. The van der Waals surface area contributed by atoms with Crippen molar-refractivity contribution in [3.8, 4) is 0 Å². The highest BCUT2D eigenvalue weighted by atomic mass is 16.5. The minimum atomic E-state index is -0.247. The van der Waals surface area contributed by atoms with Crippen LogP contribution in [0.15, 0.2) is 0 Å². The minimum Gasteiger partial charge on any atom is -0.378 e. The molecule has 82 valence electrons. The van der Waals surface area contributed by atoms with Crippen molar-refractivity contribution in [3.63, 3.8) is 0 Å². The number of hydrogen-bond acceptors (Lipinski definition) is 3. The second kappa shape index (κ2) is 4.89. The van der Waals surface area contributed by atoms with E-state index in [9.17, 15) is 4.79 Å². The lowest BCUT2D eigenvalue weighted by Crippen LogP contribution is -2.43. The van der Waals surface area contributed by atoms with Gasteiger partial charge in [-0.2, -0.15) is 0 Å². The van der Waals surface area contributed by atoms with Crippen molar-refractivity contribution in [3.05, 3.63) is 0 Å². The van der Waals surface area contributed by atoms with E-state index in [0.717, 1.165) is 32.2 Å². The van der Waals surface area contributed by atoms with E-state index in [1.165, 1.54) is 0 Å². The molecule has 1 heterocycles. The van der Waals surface area contributed by atoms with Gasteiger partial charge in [0.05, 0.1) is 5.60 Å². The number of ether oxygens (including phenoxy) is 1. The van der Waals surface area contributed by atoms with Crippen molar-refractivity contribution in [1.29, 1.82) is 0 Å². The smallest absolute Gasteiger partial charge is 0.122 e. The van der Waals surface area contributed by atoms with E-state index in [4.69, 9.17) is 4.74 Å². The fourth-order valence-corrected chi connectivity index (χ4v) is 2.20. The second-order valence-corrected chi connectivity index (χ2v) is 4.47. The molecule has 1 unspecified atom stereocenters. The van der Waals surface area contributed by atoms with Gasteiger partial charge in [-0.1, -0.05) is 0 Å². The molecule has 1 aliphatic heterocycles. The first-order chi connectivity index (χ1) is 6.62. The van der Waals surface area contributed by atoms with Gasteiger partial charge < -0.3 is 14.4 Å². The van der Waals surface area contributed by atoms with E-state index in [0.29, 0.717) is 12.3 Å². The number of carbonyl (C=O) groups excluding carboxylic acids is 1. The maximum absolute atomic E-state index is 10.6. The highest BCUT2D eigenvalue weighted by Crippen LogP contribution is 2.32. The molecule has 0 saturated carbocycles. The number of nitrogens with zero attached hydrogens (tertiary/aromatic N) is 1. The third kappa shape index (κ3) is 2.55. The lowest BCUT2D eigenvalue weighted by molar-refractivity contribution is -0.118. The fourth-order valence-electron chi connectivity index (χ4n) is 2.20. The van der Waals surface area contributed by atoms with Crippen LogP contribution in [0.25, 0.3) is 0 Å². The molecule has 1 fully saturated rings. The molecular formula is C11H21NO2. The Labute approximate surface area is 86.4 Å². The molecule has 0 amide bonds. The summed E-state index contributed by atoms with van der Waals surface area (Å²) in [4.78, 5) is 12.9. The Morgan fingerprint density at radius 1 is 1.50 bits per heavy atom. The minimum absolute atomic E-state index is 0.247. The third-order valence-electron chi connectivity index (χ3n) is 3.54. The number of aldehydes is 1. The molecule has 0 aromatic heterocycles. The predicted octanol–water partition coefficient (Wildman–Crippen LogP) is 1.32. The normalized spacial score (nSPS) is 24.5. The van der Waals surface area contributed by atoms with Gasteiger partial charge in [-0.3, -0.25) is 0 Å². The van der Waals surface area contributed by atoms with Gasteiger partial charge in [-0.15, -0.1) is 0 Å². The summed E-state index contributed by atoms with van der Waals surface area (Å²) in [5, 5.41) is 0. The molecule has 1 atom stereocenters.